The highest BCUT2D eigenvalue weighted by Crippen LogP contribution is 2.46. The molecular weight excluding hydrogens is 292 g/mol. The molecule has 5 heteroatoms. The zero-order chi connectivity index (χ0) is 15.9. The number of rotatable bonds is 2. The molecule has 0 atom stereocenters. The Morgan fingerprint density at radius 3 is 2.65 bits per heavy atom. The summed E-state index contributed by atoms with van der Waals surface area (Å²) in [6.45, 7) is 0. The fourth-order valence-corrected chi connectivity index (χ4v) is 3.36. The smallest absolute Gasteiger partial charge is 0.272 e. The van der Waals surface area contributed by atoms with Crippen LogP contribution in [0.2, 0.25) is 0 Å². The normalized spacial score (nSPS) is 18.1. The van der Waals surface area contributed by atoms with E-state index in [0.717, 1.165) is 37.2 Å². The number of hydrogen-bond acceptors (Lipinski definition) is 3. The van der Waals surface area contributed by atoms with Crippen LogP contribution in [0.25, 0.3) is 0 Å². The second kappa shape index (κ2) is 5.33. The lowest BCUT2D eigenvalue weighted by Crippen LogP contribution is -2.40. The highest BCUT2D eigenvalue weighted by atomic mass is 16.7. The average Bonchev–Trinajstić information content (AvgIpc) is 3.11. The van der Waals surface area contributed by atoms with Crippen LogP contribution in [0.5, 0.6) is 11.5 Å². The van der Waals surface area contributed by atoms with Crippen LogP contribution >= 0.6 is 0 Å². The van der Waals surface area contributed by atoms with Crippen molar-refractivity contribution < 1.29 is 14.3 Å². The molecule has 2 aliphatic rings. The van der Waals surface area contributed by atoms with E-state index in [1.54, 1.807) is 10.6 Å². The Hall–Kier alpha value is -2.43. The Kier molecular flexibility index (Phi) is 3.29. The van der Waals surface area contributed by atoms with E-state index in [1.807, 2.05) is 37.5 Å². The Morgan fingerprint density at radius 1 is 1.13 bits per heavy atom. The van der Waals surface area contributed by atoms with Crippen molar-refractivity contribution in [2.45, 2.75) is 37.9 Å². The van der Waals surface area contributed by atoms with Gasteiger partial charge in [0.05, 0.1) is 0 Å². The molecule has 4 rings (SSSR count). The third-order valence-corrected chi connectivity index (χ3v) is 4.59. The van der Waals surface area contributed by atoms with E-state index in [0.29, 0.717) is 11.4 Å². The summed E-state index contributed by atoms with van der Waals surface area (Å²) in [6, 6.07) is 9.21. The van der Waals surface area contributed by atoms with Gasteiger partial charge in [-0.25, -0.2) is 0 Å². The minimum absolute atomic E-state index is 0.135. The largest absolute Gasteiger partial charge is 0.448 e. The van der Waals surface area contributed by atoms with E-state index in [9.17, 15) is 4.79 Å². The Labute approximate surface area is 135 Å². The van der Waals surface area contributed by atoms with Gasteiger partial charge in [0.25, 0.3) is 11.7 Å². The van der Waals surface area contributed by atoms with Gasteiger partial charge >= 0.3 is 0 Å². The molecule has 1 fully saturated rings. The number of benzene rings is 1. The van der Waals surface area contributed by atoms with Crippen molar-refractivity contribution in [3.05, 3.63) is 42.2 Å². The highest BCUT2D eigenvalue weighted by Gasteiger charge is 2.42. The number of nitrogens with zero attached hydrogens (tertiary/aromatic N) is 1. The van der Waals surface area contributed by atoms with Crippen molar-refractivity contribution in [3.8, 4) is 11.5 Å². The average molecular weight is 312 g/mol. The number of carbonyl (C=O) groups is 1. The van der Waals surface area contributed by atoms with Crippen molar-refractivity contribution in [2.75, 3.05) is 5.32 Å². The first-order valence-corrected chi connectivity index (χ1v) is 8.10. The van der Waals surface area contributed by atoms with E-state index < -0.39 is 5.79 Å². The summed E-state index contributed by atoms with van der Waals surface area (Å²) in [6.07, 6.45) is 7.19. The monoisotopic (exact) mass is 312 g/mol. The molecule has 1 aliphatic carbocycles. The zero-order valence-corrected chi connectivity index (χ0v) is 13.2. The van der Waals surface area contributed by atoms with Crippen LogP contribution in [0.3, 0.4) is 0 Å². The van der Waals surface area contributed by atoms with Gasteiger partial charge in [-0.15, -0.1) is 0 Å². The van der Waals surface area contributed by atoms with Crippen LogP contribution < -0.4 is 14.8 Å². The Morgan fingerprint density at radius 2 is 1.91 bits per heavy atom. The summed E-state index contributed by atoms with van der Waals surface area (Å²) in [5, 5.41) is 2.91. The fourth-order valence-electron chi connectivity index (χ4n) is 3.36. The molecule has 5 nitrogen and oxygen atoms in total. The number of amides is 1. The molecule has 1 amide bonds. The minimum atomic E-state index is -0.485. The third kappa shape index (κ3) is 2.56. The molecule has 0 unspecified atom stereocenters. The number of fused-ring (bicyclic) bond motifs is 1. The van der Waals surface area contributed by atoms with Crippen LogP contribution in [-0.4, -0.2) is 16.3 Å². The lowest BCUT2D eigenvalue weighted by Gasteiger charge is -2.31. The predicted molar refractivity (Wildman–Crippen MR) is 86.9 cm³/mol. The molecule has 120 valence electrons. The second-order valence-electron chi connectivity index (χ2n) is 6.30. The van der Waals surface area contributed by atoms with Crippen molar-refractivity contribution in [1.29, 1.82) is 0 Å². The van der Waals surface area contributed by atoms with Gasteiger partial charge in [-0.1, -0.05) is 6.42 Å². The maximum absolute atomic E-state index is 12.3. The van der Waals surface area contributed by atoms with E-state index in [1.165, 1.54) is 6.42 Å². The number of carbonyl (C=O) groups excluding carboxylic acids is 1. The van der Waals surface area contributed by atoms with Crippen molar-refractivity contribution in [2.24, 2.45) is 7.05 Å². The van der Waals surface area contributed by atoms with Gasteiger partial charge in [-0.2, -0.15) is 0 Å². The molecule has 1 spiro atoms. The highest BCUT2D eigenvalue weighted by molar-refractivity contribution is 6.03. The van der Waals surface area contributed by atoms with Gasteiger partial charge in [0.1, 0.15) is 5.69 Å². The SMILES string of the molecule is Cn1cccc1C(=O)Nc1ccc2c(c1)OC1(CCCCC1)O2. The standard InChI is InChI=1S/C18H20N2O3/c1-20-11-5-6-14(20)17(21)19-13-7-8-15-16(12-13)23-18(22-15)9-3-2-4-10-18/h5-8,11-12H,2-4,9-10H2,1H3,(H,19,21). The van der Waals surface area contributed by atoms with Crippen LogP contribution in [0.1, 0.15) is 42.6 Å². The number of hydrogen-bond donors (Lipinski definition) is 1. The van der Waals surface area contributed by atoms with Gasteiger partial charge < -0.3 is 19.4 Å². The van der Waals surface area contributed by atoms with Crippen molar-refractivity contribution >= 4 is 11.6 Å². The molecular formula is C18H20N2O3. The fraction of sp³-hybridized carbons (Fsp3) is 0.389. The first-order valence-electron chi connectivity index (χ1n) is 8.10. The van der Waals surface area contributed by atoms with Crippen molar-refractivity contribution in [1.82, 2.24) is 4.57 Å². The quantitative estimate of drug-likeness (QED) is 0.919. The van der Waals surface area contributed by atoms with E-state index in [-0.39, 0.29) is 5.91 Å². The van der Waals surface area contributed by atoms with Gasteiger partial charge in [-0.3, -0.25) is 4.79 Å². The molecule has 23 heavy (non-hydrogen) atoms. The number of ether oxygens (including phenoxy) is 2. The van der Waals surface area contributed by atoms with E-state index in [4.69, 9.17) is 9.47 Å². The van der Waals surface area contributed by atoms with Gasteiger partial charge in [0, 0.05) is 37.8 Å². The van der Waals surface area contributed by atoms with Gasteiger partial charge in [0.2, 0.25) is 0 Å². The summed E-state index contributed by atoms with van der Waals surface area (Å²) in [5.74, 6) is 0.866. The van der Waals surface area contributed by atoms with Crippen LogP contribution in [-0.2, 0) is 7.05 Å². The third-order valence-electron chi connectivity index (χ3n) is 4.59. The summed E-state index contributed by atoms with van der Waals surface area (Å²) in [7, 11) is 1.85. The first kappa shape index (κ1) is 14.2. The van der Waals surface area contributed by atoms with Gasteiger partial charge in [-0.05, 0) is 37.1 Å². The molecule has 1 aromatic heterocycles. The van der Waals surface area contributed by atoms with Crippen LogP contribution in [0, 0.1) is 0 Å². The summed E-state index contributed by atoms with van der Waals surface area (Å²) in [5.41, 5.74) is 1.33. The predicted octanol–water partition coefficient (Wildman–Crippen LogP) is 3.71. The minimum Gasteiger partial charge on any atom is -0.448 e. The summed E-state index contributed by atoms with van der Waals surface area (Å²) >= 11 is 0. The zero-order valence-electron chi connectivity index (χ0n) is 13.2. The van der Waals surface area contributed by atoms with Crippen molar-refractivity contribution in [3.63, 3.8) is 0 Å². The molecule has 1 aromatic carbocycles. The maximum atomic E-state index is 12.3. The molecule has 2 heterocycles. The van der Waals surface area contributed by atoms with E-state index >= 15 is 0 Å². The number of nitrogens with one attached hydrogen (secondary N) is 1. The maximum Gasteiger partial charge on any atom is 0.272 e. The lowest BCUT2D eigenvalue weighted by atomic mass is 9.94. The number of aromatic nitrogens is 1. The molecule has 1 saturated carbocycles. The summed E-state index contributed by atoms with van der Waals surface area (Å²) in [4.78, 5) is 12.3. The van der Waals surface area contributed by atoms with Gasteiger partial charge in [0.15, 0.2) is 11.5 Å². The molecule has 0 saturated heterocycles. The van der Waals surface area contributed by atoms with Crippen LogP contribution in [0.15, 0.2) is 36.5 Å². The Bertz CT molecular complexity index is 744. The second-order valence-corrected chi connectivity index (χ2v) is 6.30. The first-order chi connectivity index (χ1) is 11.2. The number of aryl methyl sites for hydroxylation is 1. The lowest BCUT2D eigenvalue weighted by molar-refractivity contribution is -0.105. The molecule has 1 N–H and O–H groups in total. The molecule has 1 aliphatic heterocycles. The summed E-state index contributed by atoms with van der Waals surface area (Å²) < 4.78 is 13.9. The topological polar surface area (TPSA) is 52.5 Å². The van der Waals surface area contributed by atoms with E-state index in [2.05, 4.69) is 5.32 Å². The molecule has 0 bridgehead atoms. The molecule has 2 aromatic rings. The van der Waals surface area contributed by atoms with Crippen LogP contribution in [0.4, 0.5) is 5.69 Å². The number of anilines is 1. The molecule has 0 radical (unpaired) electrons. The Balaban J connectivity index is 1.52.